The lowest BCUT2D eigenvalue weighted by atomic mass is 10.1. The van der Waals surface area contributed by atoms with Crippen LogP contribution in [0.4, 0.5) is 8.78 Å². The van der Waals surface area contributed by atoms with Crippen molar-refractivity contribution in [1.29, 1.82) is 0 Å². The number of halogens is 2. The topological polar surface area (TPSA) is 44.1 Å². The summed E-state index contributed by atoms with van der Waals surface area (Å²) < 4.78 is 32.2. The molecule has 0 spiro atoms. The Kier molecular flexibility index (Phi) is 6.20. The van der Waals surface area contributed by atoms with Crippen LogP contribution in [0.15, 0.2) is 65.5 Å². The van der Waals surface area contributed by atoms with Gasteiger partial charge in [-0.25, -0.2) is 4.68 Å². The Balaban J connectivity index is 1.77. The molecule has 0 N–H and O–H groups in total. The maximum atomic E-state index is 12.9. The highest BCUT2D eigenvalue weighted by Gasteiger charge is 2.22. The summed E-state index contributed by atoms with van der Waals surface area (Å²) in [6.45, 7) is 1.76. The smallest absolute Gasteiger partial charge is 0.291 e. The van der Waals surface area contributed by atoms with Gasteiger partial charge in [0, 0.05) is 11.6 Å². The molecule has 3 rings (SSSR count). The highest BCUT2D eigenvalue weighted by molar-refractivity contribution is 7.18. The van der Waals surface area contributed by atoms with E-state index in [2.05, 4.69) is 12.0 Å². The van der Waals surface area contributed by atoms with Gasteiger partial charge in [0.15, 0.2) is 6.61 Å². The number of aryl methyl sites for hydroxylation is 1. The number of rotatable bonds is 7. The maximum absolute atomic E-state index is 12.9. The lowest BCUT2D eigenvalue weighted by Crippen LogP contribution is -2.22. The zero-order valence-corrected chi connectivity index (χ0v) is 16.6. The Labute approximate surface area is 164 Å². The first-order valence-electron chi connectivity index (χ1n) is 8.90. The minimum absolute atomic E-state index is 0.189. The lowest BCUT2D eigenvalue weighted by molar-refractivity contribution is 0.0462. The molecule has 0 aliphatic rings. The maximum Gasteiger partial charge on any atom is 0.291 e. The summed E-state index contributed by atoms with van der Waals surface area (Å²) >= 11 is 0. The molecule has 0 saturated carbocycles. The van der Waals surface area contributed by atoms with E-state index < -0.39 is 12.3 Å². The highest BCUT2D eigenvalue weighted by Crippen LogP contribution is 2.25. The number of hydrogen-bond acceptors (Lipinski definition) is 3. The average Bonchev–Trinajstić information content (AvgIpc) is 2.68. The van der Waals surface area contributed by atoms with Crippen molar-refractivity contribution in [2.45, 2.75) is 25.6 Å². The van der Waals surface area contributed by atoms with Crippen LogP contribution in [0.25, 0.3) is 11.3 Å². The first-order valence-corrected chi connectivity index (χ1v) is 9.48. The van der Waals surface area contributed by atoms with Crippen molar-refractivity contribution in [2.75, 3.05) is 6.61 Å². The molecule has 7 heteroatoms. The molecule has 1 unspecified atom stereocenters. The minimum Gasteiger partial charge on any atom is -0.487 e. The number of nitrogens with zero attached hydrogens (tertiary/aromatic N) is 2. The largest absolute Gasteiger partial charge is 0.487 e. The monoisotopic (exact) mass is 402 g/mol. The van der Waals surface area contributed by atoms with Gasteiger partial charge in [0.1, 0.15) is 5.75 Å². The van der Waals surface area contributed by atoms with Crippen LogP contribution in [0.5, 0.6) is 5.75 Å². The van der Waals surface area contributed by atoms with Crippen LogP contribution in [0.3, 0.4) is 0 Å². The average molecular weight is 402 g/mol. The van der Waals surface area contributed by atoms with Crippen LogP contribution in [0, 0.1) is 0 Å². The molecular weight excluding hydrogens is 381 g/mol. The van der Waals surface area contributed by atoms with Crippen molar-refractivity contribution >= 4 is 9.24 Å². The van der Waals surface area contributed by atoms with Gasteiger partial charge in [-0.3, -0.25) is 4.79 Å². The lowest BCUT2D eigenvalue weighted by Gasteiger charge is -2.12. The molecule has 3 aromatic rings. The van der Waals surface area contributed by atoms with E-state index in [0.717, 1.165) is 17.5 Å². The van der Waals surface area contributed by atoms with Crippen LogP contribution in [0.1, 0.15) is 18.1 Å². The normalized spacial score (nSPS) is 11.4. The highest BCUT2D eigenvalue weighted by atomic mass is 31.0. The number of ether oxygens (including phenoxy) is 1. The molecule has 4 nitrogen and oxygen atoms in total. The van der Waals surface area contributed by atoms with E-state index in [1.165, 1.54) is 25.6 Å². The van der Waals surface area contributed by atoms with Crippen molar-refractivity contribution in [3.05, 3.63) is 82.1 Å². The predicted octanol–water partition coefficient (Wildman–Crippen LogP) is 4.37. The van der Waals surface area contributed by atoms with E-state index in [9.17, 15) is 13.6 Å². The fraction of sp³-hybridized carbons (Fsp3) is 0.238. The molecule has 0 aliphatic carbocycles. The summed E-state index contributed by atoms with van der Waals surface area (Å²) in [6, 6.07) is 17.9. The summed E-state index contributed by atoms with van der Waals surface area (Å²) in [5, 5.41) is 4.44. The van der Waals surface area contributed by atoms with Crippen molar-refractivity contribution in [1.82, 2.24) is 9.78 Å². The molecule has 2 aromatic carbocycles. The first-order chi connectivity index (χ1) is 13.3. The molecule has 0 aliphatic heterocycles. The summed E-state index contributed by atoms with van der Waals surface area (Å²) in [6.07, 6.45) is 0.961. The second-order valence-electron chi connectivity index (χ2n) is 6.46. The molecule has 1 atom stereocenters. The van der Waals surface area contributed by atoms with Crippen LogP contribution in [0.2, 0.25) is 0 Å². The number of benzene rings is 2. The molecule has 1 heterocycles. The summed E-state index contributed by atoms with van der Waals surface area (Å²) in [5.41, 5.74) is 0.453. The van der Waals surface area contributed by atoms with Crippen molar-refractivity contribution < 1.29 is 13.5 Å². The SMILES string of the molecule is CCc1ccc(Cn2nc(-c3ccc(OCC(F)(F)P)cc3)ccc2=O)cc1. The van der Waals surface area contributed by atoms with Gasteiger partial charge in [-0.15, -0.1) is 0 Å². The summed E-state index contributed by atoms with van der Waals surface area (Å²) in [5.74, 6) is 0.343. The zero-order valence-electron chi connectivity index (χ0n) is 15.4. The molecule has 0 saturated heterocycles. The Morgan fingerprint density at radius 2 is 1.64 bits per heavy atom. The summed E-state index contributed by atoms with van der Waals surface area (Å²) in [4.78, 5) is 12.2. The summed E-state index contributed by atoms with van der Waals surface area (Å²) in [7, 11) is 1.44. The number of alkyl halides is 2. The van der Waals surface area contributed by atoms with E-state index in [4.69, 9.17) is 4.74 Å². The Morgan fingerprint density at radius 3 is 2.25 bits per heavy atom. The van der Waals surface area contributed by atoms with Crippen molar-refractivity contribution in [3.8, 4) is 17.0 Å². The molecule has 1 aromatic heterocycles. The molecule has 0 bridgehead atoms. The first kappa shape index (κ1) is 20.2. The van der Waals surface area contributed by atoms with E-state index in [-0.39, 0.29) is 5.56 Å². The van der Waals surface area contributed by atoms with Gasteiger partial charge < -0.3 is 4.74 Å². The second kappa shape index (κ2) is 8.61. The number of hydrogen-bond donors (Lipinski definition) is 0. The van der Waals surface area contributed by atoms with E-state index >= 15 is 0 Å². The molecule has 0 amide bonds. The molecule has 146 valence electrons. The van der Waals surface area contributed by atoms with E-state index in [1.54, 1.807) is 30.3 Å². The predicted molar refractivity (Wildman–Crippen MR) is 109 cm³/mol. The quantitative estimate of drug-likeness (QED) is 0.552. The van der Waals surface area contributed by atoms with Crippen molar-refractivity contribution in [2.24, 2.45) is 0 Å². The van der Waals surface area contributed by atoms with Crippen LogP contribution >= 0.6 is 9.24 Å². The Morgan fingerprint density at radius 1 is 1.00 bits per heavy atom. The van der Waals surface area contributed by atoms with Gasteiger partial charge in [-0.2, -0.15) is 13.9 Å². The van der Waals surface area contributed by atoms with E-state index in [0.29, 0.717) is 18.0 Å². The van der Waals surface area contributed by atoms with Gasteiger partial charge in [0.2, 0.25) is 0 Å². The molecule has 0 fully saturated rings. The van der Waals surface area contributed by atoms with Gasteiger partial charge in [0.05, 0.1) is 12.2 Å². The van der Waals surface area contributed by atoms with Gasteiger partial charge in [-0.05, 0) is 47.9 Å². The third kappa shape index (κ3) is 5.46. The van der Waals surface area contributed by atoms with Crippen LogP contribution in [-0.2, 0) is 13.0 Å². The molecule has 28 heavy (non-hydrogen) atoms. The van der Waals surface area contributed by atoms with Gasteiger partial charge in [-0.1, -0.05) is 40.4 Å². The number of aromatic nitrogens is 2. The van der Waals surface area contributed by atoms with Gasteiger partial charge >= 0.3 is 0 Å². The fourth-order valence-electron chi connectivity index (χ4n) is 2.67. The van der Waals surface area contributed by atoms with E-state index in [1.807, 2.05) is 24.3 Å². The zero-order chi connectivity index (χ0) is 20.1. The second-order valence-corrected chi connectivity index (χ2v) is 7.30. The van der Waals surface area contributed by atoms with Crippen LogP contribution < -0.4 is 10.3 Å². The Bertz CT molecular complexity index is 981. The van der Waals surface area contributed by atoms with Crippen molar-refractivity contribution in [3.63, 3.8) is 0 Å². The molecule has 0 radical (unpaired) electrons. The van der Waals surface area contributed by atoms with Gasteiger partial charge in [0.25, 0.3) is 11.2 Å². The third-order valence-electron chi connectivity index (χ3n) is 4.21. The fourth-order valence-corrected chi connectivity index (χ4v) is 2.75. The Hall–Kier alpha value is -2.59. The van der Waals surface area contributed by atoms with Crippen LogP contribution in [-0.4, -0.2) is 22.1 Å². The molecular formula is C21H21F2N2O2P. The minimum atomic E-state index is -2.97. The standard InChI is InChI=1S/C21H21F2N2O2P/c1-2-15-3-5-16(6-4-15)13-25-20(26)12-11-19(24-25)17-7-9-18(10-8-17)27-14-21(22,23)28/h3-12H,2,13-14,28H2,1H3. The third-order valence-corrected chi connectivity index (χ3v) is 4.38.